The Balaban J connectivity index is 1.11. The number of ether oxygens (including phenoxy) is 1. The van der Waals surface area contributed by atoms with E-state index in [2.05, 4.69) is 40.7 Å². The summed E-state index contributed by atoms with van der Waals surface area (Å²) in [6, 6.07) is 12.3. The van der Waals surface area contributed by atoms with Gasteiger partial charge in [0.25, 0.3) is 0 Å². The minimum absolute atomic E-state index is 0.0357. The van der Waals surface area contributed by atoms with Crippen LogP contribution in [0.2, 0.25) is 24.7 Å². The van der Waals surface area contributed by atoms with Gasteiger partial charge in [0.15, 0.2) is 0 Å². The Hall–Kier alpha value is -0.803. The molecule has 0 aromatic heterocycles. The summed E-state index contributed by atoms with van der Waals surface area (Å²) < 4.78 is 7.20. The van der Waals surface area contributed by atoms with E-state index in [4.69, 9.17) is 4.74 Å². The molecule has 4 aliphatic heterocycles. The Labute approximate surface area is 242 Å². The fourth-order valence-corrected chi connectivity index (χ4v) is 12.6. The second-order valence-corrected chi connectivity index (χ2v) is 19.8. The average molecular weight is 568 g/mol. The lowest BCUT2D eigenvalue weighted by Gasteiger charge is -2.35. The van der Waals surface area contributed by atoms with Crippen molar-refractivity contribution in [3.05, 3.63) is 34.9 Å². The number of rotatable bonds is 10. The van der Waals surface area contributed by atoms with Gasteiger partial charge in [-0.2, -0.15) is 0 Å². The highest BCUT2D eigenvalue weighted by molar-refractivity contribution is 6.88. The van der Waals surface area contributed by atoms with E-state index in [9.17, 15) is 10.2 Å². The van der Waals surface area contributed by atoms with Crippen molar-refractivity contribution in [1.29, 1.82) is 0 Å². The lowest BCUT2D eigenvalue weighted by Crippen LogP contribution is -2.46. The van der Waals surface area contributed by atoms with Gasteiger partial charge in [-0.1, -0.05) is 36.8 Å². The van der Waals surface area contributed by atoms with Crippen molar-refractivity contribution in [2.45, 2.75) is 143 Å². The predicted molar refractivity (Wildman–Crippen MR) is 163 cm³/mol. The third-order valence-corrected chi connectivity index (χ3v) is 15.5. The summed E-state index contributed by atoms with van der Waals surface area (Å²) in [4.78, 5) is 0. The van der Waals surface area contributed by atoms with Gasteiger partial charge in [-0.15, -0.1) is 0 Å². The lowest BCUT2D eigenvalue weighted by molar-refractivity contribution is -0.0527. The molecule has 0 radical (unpaired) electrons. The fraction of sp³-hybridized carbons (Fsp3) is 0.818. The monoisotopic (exact) mass is 567 g/mol. The van der Waals surface area contributed by atoms with E-state index in [0.717, 1.165) is 64.6 Å². The van der Waals surface area contributed by atoms with Crippen LogP contribution in [0.1, 0.15) is 86.3 Å². The van der Waals surface area contributed by atoms with E-state index in [1.54, 1.807) is 0 Å². The van der Waals surface area contributed by atoms with Gasteiger partial charge in [0.1, 0.15) is 0 Å². The van der Waals surface area contributed by atoms with Crippen molar-refractivity contribution < 1.29 is 14.9 Å². The largest absolute Gasteiger partial charge is 0.391 e. The van der Waals surface area contributed by atoms with Crippen molar-refractivity contribution in [2.75, 3.05) is 19.6 Å². The summed E-state index contributed by atoms with van der Waals surface area (Å²) in [5.41, 5.74) is 4.14. The van der Waals surface area contributed by atoms with Crippen LogP contribution in [-0.2, 0) is 11.2 Å². The number of hydrogen-bond acceptors (Lipinski definition) is 6. The van der Waals surface area contributed by atoms with Crippen LogP contribution in [0.3, 0.4) is 0 Å². The van der Waals surface area contributed by atoms with Crippen molar-refractivity contribution in [3.63, 3.8) is 0 Å². The molecule has 7 rings (SSSR count). The van der Waals surface area contributed by atoms with Crippen LogP contribution in [-0.4, -0.2) is 80.5 Å². The Bertz CT molecular complexity index is 1020. The first-order valence-electron chi connectivity index (χ1n) is 16.8. The zero-order valence-corrected chi connectivity index (χ0v) is 25.6. The minimum Gasteiger partial charge on any atom is -0.391 e. The summed E-state index contributed by atoms with van der Waals surface area (Å²) in [6.45, 7) is 5.73. The number of aliphatic hydroxyl groups is 2. The van der Waals surface area contributed by atoms with Crippen molar-refractivity contribution in [3.8, 4) is 0 Å². The average Bonchev–Trinajstić information content (AvgIpc) is 3.68. The molecule has 7 heteroatoms. The SMILES string of the molecule is C[Si]1(C[C@@H](OC2Cc3ccc(C4CCC([C@@H](O)[C@@H]5CCCN5)C4)cc3C2[C@@H](O)[C@@H]2CCCN2)[C@@H]2CCCN2)CC1. The highest BCUT2D eigenvalue weighted by Gasteiger charge is 2.48. The molecule has 4 saturated heterocycles. The van der Waals surface area contributed by atoms with E-state index in [0.29, 0.717) is 17.9 Å². The van der Waals surface area contributed by atoms with Crippen LogP contribution in [0.4, 0.5) is 0 Å². The summed E-state index contributed by atoms with van der Waals surface area (Å²) >= 11 is 0. The van der Waals surface area contributed by atoms with Gasteiger partial charge in [0, 0.05) is 24.0 Å². The topological polar surface area (TPSA) is 85.8 Å². The van der Waals surface area contributed by atoms with Crippen LogP contribution in [0.15, 0.2) is 18.2 Å². The third kappa shape index (κ3) is 5.73. The molecule has 1 aromatic carbocycles. The molecule has 4 unspecified atom stereocenters. The van der Waals surface area contributed by atoms with Crippen LogP contribution in [0, 0.1) is 5.92 Å². The van der Waals surface area contributed by atoms with E-state index in [1.807, 2.05) is 0 Å². The fourth-order valence-electron chi connectivity index (χ4n) is 9.10. The van der Waals surface area contributed by atoms with Gasteiger partial charge in [0.2, 0.25) is 0 Å². The molecule has 5 N–H and O–H groups in total. The van der Waals surface area contributed by atoms with Crippen molar-refractivity contribution >= 4 is 8.07 Å². The first-order chi connectivity index (χ1) is 19.5. The van der Waals surface area contributed by atoms with Crippen LogP contribution < -0.4 is 16.0 Å². The summed E-state index contributed by atoms with van der Waals surface area (Å²) in [5, 5.41) is 33.9. The van der Waals surface area contributed by atoms with Crippen LogP contribution >= 0.6 is 0 Å². The number of benzene rings is 1. The Morgan fingerprint density at radius 1 is 0.875 bits per heavy atom. The summed E-state index contributed by atoms with van der Waals surface area (Å²) in [6.07, 6.45) is 10.9. The second kappa shape index (κ2) is 11.7. The molecule has 40 heavy (non-hydrogen) atoms. The number of nitrogens with one attached hydrogen (secondary N) is 3. The first-order valence-corrected chi connectivity index (χ1v) is 19.9. The summed E-state index contributed by atoms with van der Waals surface area (Å²) in [5.74, 6) is 0.931. The zero-order chi connectivity index (χ0) is 27.3. The van der Waals surface area contributed by atoms with Gasteiger partial charge in [0.05, 0.1) is 32.5 Å². The molecule has 1 saturated carbocycles. The Morgan fingerprint density at radius 3 is 2.20 bits per heavy atom. The molecule has 2 aliphatic carbocycles. The van der Waals surface area contributed by atoms with Crippen molar-refractivity contribution in [1.82, 2.24) is 16.0 Å². The Morgan fingerprint density at radius 2 is 1.55 bits per heavy atom. The molecule has 0 bridgehead atoms. The lowest BCUT2D eigenvalue weighted by atomic mass is 9.85. The molecule has 6 nitrogen and oxygen atoms in total. The minimum atomic E-state index is -1.08. The molecule has 0 amide bonds. The van der Waals surface area contributed by atoms with E-state index >= 15 is 0 Å². The molecular formula is C33H53N3O3Si. The van der Waals surface area contributed by atoms with Gasteiger partial charge in [-0.05, 0) is 118 Å². The molecule has 10 atom stereocenters. The molecule has 1 aromatic rings. The van der Waals surface area contributed by atoms with E-state index in [-0.39, 0.29) is 36.3 Å². The molecule has 5 fully saturated rings. The van der Waals surface area contributed by atoms with E-state index < -0.39 is 14.2 Å². The van der Waals surface area contributed by atoms with E-state index in [1.165, 1.54) is 54.1 Å². The standard InChI is InChI=1S/C33H53N3O3Si/c1-40(15-16-40)20-30(26-5-2-12-34-26)39-29-19-23-10-8-22(18-25(23)31(29)33(38)28-7-4-14-36-28)21-9-11-24(17-21)32(37)27-6-3-13-35-27/h8,10,18,21,24,26-38H,2-7,9,11-17,19-20H2,1H3/t21?,24?,26-,27-,28-,29?,30+,31?,32+,33-/m0/s1. The zero-order valence-electron chi connectivity index (χ0n) is 24.6. The maximum Gasteiger partial charge on any atom is 0.0786 e. The highest BCUT2D eigenvalue weighted by Crippen LogP contribution is 2.47. The van der Waals surface area contributed by atoms with Crippen molar-refractivity contribution in [2.24, 2.45) is 5.92 Å². The van der Waals surface area contributed by atoms with Gasteiger partial charge in [-0.25, -0.2) is 0 Å². The third-order valence-electron chi connectivity index (χ3n) is 11.9. The molecule has 4 heterocycles. The maximum atomic E-state index is 11.9. The molecule has 222 valence electrons. The van der Waals surface area contributed by atoms with Gasteiger partial charge < -0.3 is 30.9 Å². The molecule has 0 spiro atoms. The highest BCUT2D eigenvalue weighted by atomic mass is 28.3. The second-order valence-electron chi connectivity index (χ2n) is 14.8. The van der Waals surface area contributed by atoms with Crippen LogP contribution in [0.5, 0.6) is 0 Å². The molecular weight excluding hydrogens is 514 g/mol. The van der Waals surface area contributed by atoms with Crippen LogP contribution in [0.25, 0.3) is 0 Å². The maximum absolute atomic E-state index is 11.9. The molecule has 6 aliphatic rings. The quantitative estimate of drug-likeness (QED) is 0.275. The Kier molecular flexibility index (Phi) is 8.19. The van der Waals surface area contributed by atoms with Gasteiger partial charge >= 0.3 is 0 Å². The summed E-state index contributed by atoms with van der Waals surface area (Å²) in [7, 11) is -1.08. The smallest absolute Gasteiger partial charge is 0.0786 e. The number of fused-ring (bicyclic) bond motifs is 1. The van der Waals surface area contributed by atoms with Gasteiger partial charge in [-0.3, -0.25) is 0 Å². The normalized spacial score (nSPS) is 38.9. The first kappa shape index (κ1) is 28.0. The predicted octanol–water partition coefficient (Wildman–Crippen LogP) is 4.03. The number of aliphatic hydroxyl groups excluding tert-OH is 2. The number of hydrogen-bond donors (Lipinski definition) is 5.